The highest BCUT2D eigenvalue weighted by atomic mass is 32.2. The third kappa shape index (κ3) is 4.96. The number of sulfone groups is 1. The Morgan fingerprint density at radius 2 is 2.00 bits per heavy atom. The third-order valence-corrected chi connectivity index (χ3v) is 5.13. The lowest BCUT2D eigenvalue weighted by atomic mass is 10.1. The molecule has 0 amide bonds. The first-order chi connectivity index (χ1) is 8.31. The van der Waals surface area contributed by atoms with Crippen LogP contribution in [0.5, 0.6) is 0 Å². The van der Waals surface area contributed by atoms with Gasteiger partial charge in [-0.05, 0) is 13.0 Å². The number of benzene rings is 1. The number of nitrogens with two attached hydrogens (primary N) is 1. The summed E-state index contributed by atoms with van der Waals surface area (Å²) in [6.45, 7) is 1.80. The fraction of sp³-hybridized carbons (Fsp3) is 0.500. The lowest BCUT2D eigenvalue weighted by Gasteiger charge is -2.21. The molecule has 1 aromatic rings. The van der Waals surface area contributed by atoms with Gasteiger partial charge in [-0.2, -0.15) is 11.8 Å². The maximum atomic E-state index is 13.7. The minimum atomic E-state index is -2.99. The van der Waals surface area contributed by atoms with E-state index in [2.05, 4.69) is 0 Å². The Morgan fingerprint density at radius 1 is 1.39 bits per heavy atom. The third-order valence-electron chi connectivity index (χ3n) is 2.44. The number of hydrogen-bond acceptors (Lipinski definition) is 4. The maximum Gasteiger partial charge on any atom is 0.148 e. The SMILES string of the molecule is CC(N)C(SCCS(C)(=O)=O)c1ccccc1F. The molecular formula is C12H18FNO2S2. The normalized spacial score (nSPS) is 15.3. The van der Waals surface area contributed by atoms with E-state index < -0.39 is 9.84 Å². The van der Waals surface area contributed by atoms with E-state index in [1.54, 1.807) is 25.1 Å². The van der Waals surface area contributed by atoms with Gasteiger partial charge in [-0.1, -0.05) is 18.2 Å². The van der Waals surface area contributed by atoms with Crippen LogP contribution in [0.25, 0.3) is 0 Å². The number of halogens is 1. The van der Waals surface area contributed by atoms with E-state index in [0.29, 0.717) is 11.3 Å². The van der Waals surface area contributed by atoms with Crippen LogP contribution in [0.2, 0.25) is 0 Å². The van der Waals surface area contributed by atoms with Crippen molar-refractivity contribution in [1.29, 1.82) is 0 Å². The van der Waals surface area contributed by atoms with Crippen LogP contribution in [0.15, 0.2) is 24.3 Å². The Labute approximate surface area is 112 Å². The molecule has 0 aliphatic rings. The zero-order valence-corrected chi connectivity index (χ0v) is 12.1. The Bertz CT molecular complexity index is 489. The van der Waals surface area contributed by atoms with E-state index in [9.17, 15) is 12.8 Å². The smallest absolute Gasteiger partial charge is 0.148 e. The second-order valence-electron chi connectivity index (χ2n) is 4.30. The monoisotopic (exact) mass is 291 g/mol. The van der Waals surface area contributed by atoms with Crippen molar-refractivity contribution in [3.05, 3.63) is 35.6 Å². The molecule has 2 N–H and O–H groups in total. The summed E-state index contributed by atoms with van der Waals surface area (Å²) >= 11 is 1.38. The molecule has 0 aromatic heterocycles. The second-order valence-corrected chi connectivity index (χ2v) is 7.81. The average Bonchev–Trinajstić information content (AvgIpc) is 2.24. The van der Waals surface area contributed by atoms with Crippen molar-refractivity contribution in [1.82, 2.24) is 0 Å². The Kier molecular flexibility index (Phi) is 5.62. The van der Waals surface area contributed by atoms with E-state index in [4.69, 9.17) is 5.73 Å². The van der Waals surface area contributed by atoms with E-state index in [1.807, 2.05) is 0 Å². The molecule has 0 spiro atoms. The van der Waals surface area contributed by atoms with Crippen molar-refractivity contribution in [2.24, 2.45) is 5.73 Å². The zero-order chi connectivity index (χ0) is 13.8. The molecule has 2 atom stereocenters. The minimum Gasteiger partial charge on any atom is -0.327 e. The van der Waals surface area contributed by atoms with Gasteiger partial charge in [-0.15, -0.1) is 0 Å². The summed E-state index contributed by atoms with van der Waals surface area (Å²) < 4.78 is 35.8. The van der Waals surface area contributed by atoms with Gasteiger partial charge >= 0.3 is 0 Å². The van der Waals surface area contributed by atoms with Crippen molar-refractivity contribution in [2.75, 3.05) is 17.8 Å². The zero-order valence-electron chi connectivity index (χ0n) is 10.5. The van der Waals surface area contributed by atoms with Crippen LogP contribution in [0, 0.1) is 5.82 Å². The summed E-state index contributed by atoms with van der Waals surface area (Å²) in [6.07, 6.45) is 1.19. The molecule has 0 aliphatic carbocycles. The fourth-order valence-corrected chi connectivity index (χ4v) is 4.08. The van der Waals surface area contributed by atoms with Crippen LogP contribution >= 0.6 is 11.8 Å². The molecule has 0 fully saturated rings. The van der Waals surface area contributed by atoms with E-state index in [-0.39, 0.29) is 22.9 Å². The van der Waals surface area contributed by atoms with Crippen molar-refractivity contribution in [3.63, 3.8) is 0 Å². The van der Waals surface area contributed by atoms with Gasteiger partial charge in [0.15, 0.2) is 0 Å². The van der Waals surface area contributed by atoms with Crippen LogP contribution in [-0.2, 0) is 9.84 Å². The van der Waals surface area contributed by atoms with Crippen molar-refractivity contribution in [2.45, 2.75) is 18.2 Å². The summed E-state index contributed by atoms with van der Waals surface area (Å²) in [5.41, 5.74) is 6.38. The molecule has 0 saturated carbocycles. The van der Waals surface area contributed by atoms with Crippen LogP contribution in [0.1, 0.15) is 17.7 Å². The lowest BCUT2D eigenvalue weighted by Crippen LogP contribution is -2.24. The quantitative estimate of drug-likeness (QED) is 0.871. The predicted molar refractivity (Wildman–Crippen MR) is 75.0 cm³/mol. The van der Waals surface area contributed by atoms with Crippen LogP contribution in [0.4, 0.5) is 4.39 Å². The van der Waals surface area contributed by atoms with Crippen molar-refractivity contribution < 1.29 is 12.8 Å². The number of thioether (sulfide) groups is 1. The molecule has 1 aromatic carbocycles. The molecule has 0 saturated heterocycles. The second kappa shape index (κ2) is 6.54. The van der Waals surface area contributed by atoms with Gasteiger partial charge in [0.05, 0.1) is 5.75 Å². The topological polar surface area (TPSA) is 60.2 Å². The van der Waals surface area contributed by atoms with Crippen LogP contribution in [0.3, 0.4) is 0 Å². The first-order valence-electron chi connectivity index (χ1n) is 5.60. The van der Waals surface area contributed by atoms with Crippen molar-refractivity contribution >= 4 is 21.6 Å². The van der Waals surface area contributed by atoms with Gasteiger partial charge in [0, 0.05) is 28.9 Å². The van der Waals surface area contributed by atoms with Crippen molar-refractivity contribution in [3.8, 4) is 0 Å². The van der Waals surface area contributed by atoms with Gasteiger partial charge in [0.1, 0.15) is 15.7 Å². The van der Waals surface area contributed by atoms with Gasteiger partial charge in [0.2, 0.25) is 0 Å². The Morgan fingerprint density at radius 3 is 2.50 bits per heavy atom. The van der Waals surface area contributed by atoms with E-state index in [1.165, 1.54) is 24.1 Å². The molecule has 2 unspecified atom stereocenters. The Hall–Kier alpha value is -0.590. The molecule has 0 bridgehead atoms. The highest BCUT2D eigenvalue weighted by Gasteiger charge is 2.20. The highest BCUT2D eigenvalue weighted by molar-refractivity contribution is 8.00. The van der Waals surface area contributed by atoms with Crippen LogP contribution in [-0.4, -0.2) is 32.2 Å². The molecule has 1 rings (SSSR count). The summed E-state index contributed by atoms with van der Waals surface area (Å²) in [7, 11) is -2.99. The molecule has 0 radical (unpaired) electrons. The minimum absolute atomic E-state index is 0.0787. The largest absolute Gasteiger partial charge is 0.327 e. The molecule has 6 heteroatoms. The summed E-state index contributed by atoms with van der Waals surface area (Å²) in [5, 5.41) is -0.229. The Balaban J connectivity index is 2.76. The molecule has 18 heavy (non-hydrogen) atoms. The van der Waals surface area contributed by atoms with E-state index >= 15 is 0 Å². The number of rotatable bonds is 6. The summed E-state index contributed by atoms with van der Waals surface area (Å²) in [4.78, 5) is 0. The molecule has 0 heterocycles. The molecular weight excluding hydrogens is 273 g/mol. The maximum absolute atomic E-state index is 13.7. The lowest BCUT2D eigenvalue weighted by molar-refractivity contribution is 0.592. The highest BCUT2D eigenvalue weighted by Crippen LogP contribution is 2.32. The molecule has 0 aliphatic heterocycles. The molecule has 3 nitrogen and oxygen atoms in total. The van der Waals surface area contributed by atoms with Gasteiger partial charge in [-0.25, -0.2) is 12.8 Å². The fourth-order valence-electron chi connectivity index (χ4n) is 1.56. The van der Waals surface area contributed by atoms with E-state index in [0.717, 1.165) is 0 Å². The first kappa shape index (κ1) is 15.5. The van der Waals surface area contributed by atoms with Gasteiger partial charge in [-0.3, -0.25) is 0 Å². The summed E-state index contributed by atoms with van der Waals surface area (Å²) in [5.74, 6) is 0.195. The average molecular weight is 291 g/mol. The summed E-state index contributed by atoms with van der Waals surface area (Å²) in [6, 6.07) is 6.22. The van der Waals surface area contributed by atoms with Gasteiger partial charge < -0.3 is 5.73 Å². The van der Waals surface area contributed by atoms with Gasteiger partial charge in [0.25, 0.3) is 0 Å². The number of hydrogen-bond donors (Lipinski definition) is 1. The standard InChI is InChI=1S/C12H18FNO2S2/c1-9(14)12(17-7-8-18(2,15)16)10-5-3-4-6-11(10)13/h3-6,9,12H,7-8,14H2,1-2H3. The first-order valence-corrected chi connectivity index (χ1v) is 8.71. The predicted octanol–water partition coefficient (Wildman–Crippen LogP) is 1.99. The van der Waals surface area contributed by atoms with Crippen LogP contribution < -0.4 is 5.73 Å². The molecule has 102 valence electrons.